The topological polar surface area (TPSA) is 66.5 Å². The molecule has 0 heterocycles. The van der Waals surface area contributed by atoms with Gasteiger partial charge in [0.25, 0.3) is 0 Å². The molecule has 0 aliphatic rings. The lowest BCUT2D eigenvalue weighted by Crippen LogP contribution is -2.31. The van der Waals surface area contributed by atoms with Gasteiger partial charge in [-0.2, -0.15) is 0 Å². The fourth-order valence-corrected chi connectivity index (χ4v) is 3.69. The molecule has 0 atom stereocenters. The first-order valence-electron chi connectivity index (χ1n) is 7.65. The van der Waals surface area contributed by atoms with E-state index in [1.807, 2.05) is 0 Å². The fourth-order valence-electron chi connectivity index (χ4n) is 2.28. The van der Waals surface area contributed by atoms with Gasteiger partial charge in [-0.3, -0.25) is 9.10 Å². The first-order chi connectivity index (χ1) is 12.2. The third-order valence-corrected chi connectivity index (χ3v) is 5.20. The number of carbonyl (C=O) groups is 1. The third-order valence-electron chi connectivity index (χ3n) is 3.47. The Balaban J connectivity index is 2.01. The van der Waals surface area contributed by atoms with Crippen LogP contribution < -0.4 is 9.62 Å². The van der Waals surface area contributed by atoms with Gasteiger partial charge in [-0.1, -0.05) is 23.2 Å². The lowest BCUT2D eigenvalue weighted by molar-refractivity contribution is -0.116. The Morgan fingerprint density at radius 1 is 1.15 bits per heavy atom. The average Bonchev–Trinajstić information content (AvgIpc) is 2.55. The maximum Gasteiger partial charge on any atom is 0.232 e. The molecule has 0 aliphatic heterocycles. The summed E-state index contributed by atoms with van der Waals surface area (Å²) in [5.74, 6) is -0.701. The SMILES string of the molecule is CS(=O)(=O)N(CCCC(=O)Nc1ccc(F)cc1)c1cc(Cl)ccc1Cl. The van der Waals surface area contributed by atoms with Gasteiger partial charge < -0.3 is 5.32 Å². The predicted octanol–water partition coefficient (Wildman–Crippen LogP) is 4.32. The number of amides is 1. The van der Waals surface area contributed by atoms with Crippen molar-refractivity contribution in [2.45, 2.75) is 12.8 Å². The Hall–Kier alpha value is -1.83. The van der Waals surface area contributed by atoms with Crippen LogP contribution in [0, 0.1) is 5.82 Å². The Morgan fingerprint density at radius 2 is 1.81 bits per heavy atom. The van der Waals surface area contributed by atoms with Crippen LogP contribution >= 0.6 is 23.2 Å². The van der Waals surface area contributed by atoms with E-state index in [1.54, 1.807) is 6.07 Å². The highest BCUT2D eigenvalue weighted by molar-refractivity contribution is 7.92. The van der Waals surface area contributed by atoms with E-state index >= 15 is 0 Å². The van der Waals surface area contributed by atoms with Gasteiger partial charge in [-0.05, 0) is 48.9 Å². The smallest absolute Gasteiger partial charge is 0.232 e. The molecule has 2 aromatic rings. The van der Waals surface area contributed by atoms with Crippen LogP contribution in [0.25, 0.3) is 0 Å². The monoisotopic (exact) mass is 418 g/mol. The van der Waals surface area contributed by atoms with E-state index in [-0.39, 0.29) is 36.0 Å². The van der Waals surface area contributed by atoms with Crippen molar-refractivity contribution in [1.82, 2.24) is 0 Å². The van der Waals surface area contributed by atoms with Crippen LogP contribution in [0.2, 0.25) is 10.0 Å². The van der Waals surface area contributed by atoms with E-state index in [4.69, 9.17) is 23.2 Å². The summed E-state index contributed by atoms with van der Waals surface area (Å²) in [5.41, 5.74) is 0.731. The Bertz CT molecular complexity index is 889. The van der Waals surface area contributed by atoms with E-state index in [0.717, 1.165) is 10.6 Å². The van der Waals surface area contributed by atoms with E-state index in [9.17, 15) is 17.6 Å². The van der Waals surface area contributed by atoms with E-state index in [1.165, 1.54) is 36.4 Å². The predicted molar refractivity (Wildman–Crippen MR) is 103 cm³/mol. The normalized spacial score (nSPS) is 11.2. The van der Waals surface area contributed by atoms with Gasteiger partial charge >= 0.3 is 0 Å². The van der Waals surface area contributed by atoms with Gasteiger partial charge in [0.05, 0.1) is 17.0 Å². The highest BCUT2D eigenvalue weighted by Gasteiger charge is 2.20. The van der Waals surface area contributed by atoms with Gasteiger partial charge in [0, 0.05) is 23.7 Å². The largest absolute Gasteiger partial charge is 0.326 e. The molecule has 0 bridgehead atoms. The fraction of sp³-hybridized carbons (Fsp3) is 0.235. The molecule has 0 unspecified atom stereocenters. The molecule has 0 fully saturated rings. The Kier molecular flexibility index (Phi) is 6.86. The highest BCUT2D eigenvalue weighted by Crippen LogP contribution is 2.30. The molecule has 2 aromatic carbocycles. The minimum Gasteiger partial charge on any atom is -0.326 e. The van der Waals surface area contributed by atoms with Crippen LogP contribution in [0.5, 0.6) is 0 Å². The molecule has 5 nitrogen and oxygen atoms in total. The summed E-state index contributed by atoms with van der Waals surface area (Å²) in [6, 6.07) is 9.90. The van der Waals surface area contributed by atoms with Crippen LogP contribution in [-0.2, 0) is 14.8 Å². The van der Waals surface area contributed by atoms with Gasteiger partial charge in [0.1, 0.15) is 5.82 Å². The number of anilines is 2. The number of hydrogen-bond donors (Lipinski definition) is 1. The van der Waals surface area contributed by atoms with E-state index < -0.39 is 15.8 Å². The minimum absolute atomic E-state index is 0.0652. The van der Waals surface area contributed by atoms with E-state index in [0.29, 0.717) is 10.7 Å². The second kappa shape index (κ2) is 8.70. The lowest BCUT2D eigenvalue weighted by Gasteiger charge is -2.23. The molecule has 0 spiro atoms. The summed E-state index contributed by atoms with van der Waals surface area (Å²) in [6.07, 6.45) is 1.41. The van der Waals surface area contributed by atoms with Crippen LogP contribution in [0.3, 0.4) is 0 Å². The van der Waals surface area contributed by atoms with Crippen LogP contribution in [0.1, 0.15) is 12.8 Å². The molecule has 2 rings (SSSR count). The quantitative estimate of drug-likeness (QED) is 0.727. The van der Waals surface area contributed by atoms with Gasteiger partial charge in [-0.25, -0.2) is 12.8 Å². The molecular weight excluding hydrogens is 402 g/mol. The number of carbonyl (C=O) groups excluding carboxylic acids is 1. The Labute approximate surface area is 161 Å². The molecule has 1 N–H and O–H groups in total. The summed E-state index contributed by atoms with van der Waals surface area (Å²) in [6.45, 7) is 0.0652. The molecule has 0 radical (unpaired) electrons. The zero-order valence-corrected chi connectivity index (χ0v) is 16.2. The first kappa shape index (κ1) is 20.5. The summed E-state index contributed by atoms with van der Waals surface area (Å²) >= 11 is 12.0. The van der Waals surface area contributed by atoms with Crippen LogP contribution in [0.15, 0.2) is 42.5 Å². The molecule has 0 aromatic heterocycles. The maximum absolute atomic E-state index is 12.9. The molecule has 0 saturated heterocycles. The molecule has 140 valence electrons. The van der Waals surface area contributed by atoms with Crippen molar-refractivity contribution >= 4 is 50.5 Å². The second-order valence-corrected chi connectivity index (χ2v) is 8.34. The van der Waals surface area contributed by atoms with Crippen molar-refractivity contribution in [1.29, 1.82) is 0 Å². The van der Waals surface area contributed by atoms with Gasteiger partial charge in [0.15, 0.2) is 0 Å². The first-order valence-corrected chi connectivity index (χ1v) is 10.3. The molecule has 26 heavy (non-hydrogen) atoms. The summed E-state index contributed by atoms with van der Waals surface area (Å²) in [4.78, 5) is 12.0. The van der Waals surface area contributed by atoms with Crippen molar-refractivity contribution < 1.29 is 17.6 Å². The standard InChI is InChI=1S/C17H17Cl2FN2O3S/c1-26(24,25)22(16-11-12(18)4-9-15(16)19)10-2-3-17(23)21-14-7-5-13(20)6-8-14/h4-9,11H,2-3,10H2,1H3,(H,21,23). The highest BCUT2D eigenvalue weighted by atomic mass is 35.5. The second-order valence-electron chi connectivity index (χ2n) is 5.59. The maximum atomic E-state index is 12.9. The minimum atomic E-state index is -3.60. The molecule has 0 aliphatic carbocycles. The van der Waals surface area contributed by atoms with Crippen molar-refractivity contribution in [2.75, 3.05) is 22.4 Å². The van der Waals surface area contributed by atoms with Gasteiger partial charge in [-0.15, -0.1) is 0 Å². The van der Waals surface area contributed by atoms with Crippen molar-refractivity contribution in [3.63, 3.8) is 0 Å². The number of halogens is 3. The number of rotatable bonds is 7. The zero-order chi connectivity index (χ0) is 19.3. The number of nitrogens with zero attached hydrogens (tertiary/aromatic N) is 1. The number of benzene rings is 2. The van der Waals surface area contributed by atoms with Gasteiger partial charge in [0.2, 0.25) is 15.9 Å². The van der Waals surface area contributed by atoms with Crippen LogP contribution in [0.4, 0.5) is 15.8 Å². The van der Waals surface area contributed by atoms with Crippen LogP contribution in [-0.4, -0.2) is 27.1 Å². The average molecular weight is 419 g/mol. The molecule has 0 saturated carbocycles. The number of nitrogens with one attached hydrogen (secondary N) is 1. The third kappa shape index (κ3) is 5.86. The molecular formula is C17H17Cl2FN2O3S. The van der Waals surface area contributed by atoms with Crippen molar-refractivity contribution in [3.05, 3.63) is 58.3 Å². The number of sulfonamides is 1. The molecule has 9 heteroatoms. The summed E-state index contributed by atoms with van der Waals surface area (Å²) in [5, 5.41) is 3.22. The van der Waals surface area contributed by atoms with E-state index in [2.05, 4.69) is 5.32 Å². The Morgan fingerprint density at radius 3 is 2.42 bits per heavy atom. The van der Waals surface area contributed by atoms with Crippen molar-refractivity contribution in [2.24, 2.45) is 0 Å². The van der Waals surface area contributed by atoms with Crippen molar-refractivity contribution in [3.8, 4) is 0 Å². The molecule has 1 amide bonds. The summed E-state index contributed by atoms with van der Waals surface area (Å²) in [7, 11) is -3.60. The zero-order valence-electron chi connectivity index (χ0n) is 13.9. The number of hydrogen-bond acceptors (Lipinski definition) is 3. The lowest BCUT2D eigenvalue weighted by atomic mass is 10.2. The summed E-state index contributed by atoms with van der Waals surface area (Å²) < 4.78 is 38.1.